The highest BCUT2D eigenvalue weighted by molar-refractivity contribution is 6.58. The molecular formula is C19H16BNO3. The fourth-order valence-electron chi connectivity index (χ4n) is 3.08. The lowest BCUT2D eigenvalue weighted by molar-refractivity contribution is 0.412. The maximum Gasteiger partial charge on any atom is 0.488 e. The van der Waals surface area contributed by atoms with Gasteiger partial charge in [0, 0.05) is 21.8 Å². The Labute approximate surface area is 139 Å². The van der Waals surface area contributed by atoms with Gasteiger partial charge in [0.2, 0.25) is 0 Å². The Balaban J connectivity index is 1.93. The molecule has 0 saturated carbocycles. The SMILES string of the molecule is COc1cc(B(O)O)cc(-c2ccc3[nH]c4ccccc4c3c2)c1. The first-order chi connectivity index (χ1) is 11.7. The molecule has 1 aromatic heterocycles. The van der Waals surface area contributed by atoms with E-state index in [9.17, 15) is 10.0 Å². The van der Waals surface area contributed by atoms with E-state index in [1.54, 1.807) is 19.2 Å². The standard InChI is InChI=1S/C19H16BNO3/c1-24-15-9-13(8-14(11-15)20(22)23)12-6-7-19-17(10-12)16-4-2-3-5-18(16)21-19/h2-11,21-23H,1H3. The van der Waals surface area contributed by atoms with Crippen LogP contribution in [-0.4, -0.2) is 29.3 Å². The first-order valence-electron chi connectivity index (χ1n) is 7.71. The average molecular weight is 317 g/mol. The van der Waals surface area contributed by atoms with E-state index in [1.165, 1.54) is 5.39 Å². The number of rotatable bonds is 3. The Bertz CT molecular complexity index is 1040. The molecule has 4 rings (SSSR count). The normalized spacial score (nSPS) is 11.1. The molecule has 0 aliphatic rings. The van der Waals surface area contributed by atoms with Gasteiger partial charge in [0.25, 0.3) is 0 Å². The average Bonchev–Trinajstić information content (AvgIpc) is 2.99. The van der Waals surface area contributed by atoms with Gasteiger partial charge in [-0.3, -0.25) is 0 Å². The molecule has 0 aliphatic carbocycles. The van der Waals surface area contributed by atoms with Crippen LogP contribution in [0.25, 0.3) is 32.9 Å². The summed E-state index contributed by atoms with van der Waals surface area (Å²) in [7, 11) is 0.0332. The molecule has 0 aliphatic heterocycles. The Kier molecular flexibility index (Phi) is 3.52. The molecule has 0 amide bonds. The van der Waals surface area contributed by atoms with Crippen molar-refractivity contribution in [2.45, 2.75) is 0 Å². The van der Waals surface area contributed by atoms with Crippen LogP contribution < -0.4 is 10.2 Å². The molecule has 1 heterocycles. The number of para-hydroxylation sites is 1. The highest BCUT2D eigenvalue weighted by atomic mass is 16.5. The van der Waals surface area contributed by atoms with Gasteiger partial charge in [-0.25, -0.2) is 0 Å². The van der Waals surface area contributed by atoms with E-state index in [-0.39, 0.29) is 0 Å². The molecule has 3 N–H and O–H groups in total. The molecular weight excluding hydrogens is 301 g/mol. The molecule has 0 atom stereocenters. The molecule has 0 bridgehead atoms. The second kappa shape index (κ2) is 5.71. The Hall–Kier alpha value is -2.76. The van der Waals surface area contributed by atoms with Crippen molar-refractivity contribution in [1.82, 2.24) is 4.98 Å². The van der Waals surface area contributed by atoms with E-state index in [4.69, 9.17) is 4.74 Å². The molecule has 5 heteroatoms. The third-order valence-corrected chi connectivity index (χ3v) is 4.30. The van der Waals surface area contributed by atoms with Crippen LogP contribution in [0, 0.1) is 0 Å². The zero-order valence-electron chi connectivity index (χ0n) is 13.2. The Morgan fingerprint density at radius 2 is 1.62 bits per heavy atom. The van der Waals surface area contributed by atoms with E-state index in [1.807, 2.05) is 30.3 Å². The second-order valence-corrected chi connectivity index (χ2v) is 5.80. The maximum atomic E-state index is 9.49. The maximum absolute atomic E-state index is 9.49. The van der Waals surface area contributed by atoms with Crippen LogP contribution >= 0.6 is 0 Å². The first-order valence-corrected chi connectivity index (χ1v) is 7.71. The molecule has 0 radical (unpaired) electrons. The minimum absolute atomic E-state index is 0.406. The molecule has 4 nitrogen and oxygen atoms in total. The number of aromatic nitrogens is 1. The highest BCUT2D eigenvalue weighted by Gasteiger charge is 2.14. The van der Waals surface area contributed by atoms with Crippen LogP contribution in [0.5, 0.6) is 5.75 Å². The van der Waals surface area contributed by atoms with E-state index in [0.29, 0.717) is 11.2 Å². The third-order valence-electron chi connectivity index (χ3n) is 4.30. The van der Waals surface area contributed by atoms with Crippen molar-refractivity contribution in [3.05, 3.63) is 60.7 Å². The van der Waals surface area contributed by atoms with E-state index in [0.717, 1.165) is 27.5 Å². The summed E-state index contributed by atoms with van der Waals surface area (Å²) in [6, 6.07) is 19.6. The second-order valence-electron chi connectivity index (χ2n) is 5.80. The quantitative estimate of drug-likeness (QED) is 0.509. The number of methoxy groups -OCH3 is 1. The summed E-state index contributed by atoms with van der Waals surface area (Å²) >= 11 is 0. The van der Waals surface area contributed by atoms with Gasteiger partial charge in [0.15, 0.2) is 0 Å². The van der Waals surface area contributed by atoms with Gasteiger partial charge in [-0.2, -0.15) is 0 Å². The summed E-state index contributed by atoms with van der Waals surface area (Å²) in [6.45, 7) is 0. The fraction of sp³-hybridized carbons (Fsp3) is 0.0526. The van der Waals surface area contributed by atoms with Gasteiger partial charge in [0.05, 0.1) is 7.11 Å². The van der Waals surface area contributed by atoms with Crippen molar-refractivity contribution >= 4 is 34.4 Å². The molecule has 0 unspecified atom stereocenters. The summed E-state index contributed by atoms with van der Waals surface area (Å²) in [5, 5.41) is 21.3. The summed E-state index contributed by atoms with van der Waals surface area (Å²) < 4.78 is 5.28. The van der Waals surface area contributed by atoms with Crippen molar-refractivity contribution < 1.29 is 14.8 Å². The van der Waals surface area contributed by atoms with Crippen LogP contribution in [-0.2, 0) is 0 Å². The number of nitrogens with one attached hydrogen (secondary N) is 1. The van der Waals surface area contributed by atoms with Crippen LogP contribution in [0.1, 0.15) is 0 Å². The topological polar surface area (TPSA) is 65.5 Å². The Morgan fingerprint density at radius 3 is 2.42 bits per heavy atom. The van der Waals surface area contributed by atoms with Crippen LogP contribution in [0.3, 0.4) is 0 Å². The van der Waals surface area contributed by atoms with Gasteiger partial charge in [-0.05, 0) is 46.9 Å². The molecule has 0 fully saturated rings. The number of hydrogen-bond donors (Lipinski definition) is 3. The van der Waals surface area contributed by atoms with Crippen molar-refractivity contribution in [2.75, 3.05) is 7.11 Å². The molecule has 4 aromatic rings. The molecule has 0 saturated heterocycles. The lowest BCUT2D eigenvalue weighted by atomic mass is 9.79. The predicted octanol–water partition coefficient (Wildman–Crippen LogP) is 2.68. The zero-order valence-corrected chi connectivity index (χ0v) is 13.2. The molecule has 3 aromatic carbocycles. The summed E-state index contributed by atoms with van der Waals surface area (Å²) in [5.41, 5.74) is 4.45. The largest absolute Gasteiger partial charge is 0.497 e. The van der Waals surface area contributed by atoms with Crippen LogP contribution in [0.4, 0.5) is 0 Å². The molecule has 24 heavy (non-hydrogen) atoms. The van der Waals surface area contributed by atoms with Crippen molar-refractivity contribution in [2.24, 2.45) is 0 Å². The van der Waals surface area contributed by atoms with Crippen molar-refractivity contribution in [1.29, 1.82) is 0 Å². The monoisotopic (exact) mass is 317 g/mol. The van der Waals surface area contributed by atoms with Gasteiger partial charge in [0.1, 0.15) is 5.75 Å². The zero-order chi connectivity index (χ0) is 16.7. The number of aromatic amines is 1. The van der Waals surface area contributed by atoms with E-state index >= 15 is 0 Å². The van der Waals surface area contributed by atoms with Crippen LogP contribution in [0.2, 0.25) is 0 Å². The van der Waals surface area contributed by atoms with Gasteiger partial charge in [-0.1, -0.05) is 30.3 Å². The minimum Gasteiger partial charge on any atom is -0.497 e. The third kappa shape index (κ3) is 2.44. The number of benzene rings is 3. The number of hydrogen-bond acceptors (Lipinski definition) is 3. The highest BCUT2D eigenvalue weighted by Crippen LogP contribution is 2.30. The Morgan fingerprint density at radius 1 is 0.833 bits per heavy atom. The number of ether oxygens (including phenoxy) is 1. The fourth-order valence-corrected chi connectivity index (χ4v) is 3.08. The van der Waals surface area contributed by atoms with Crippen molar-refractivity contribution in [3.63, 3.8) is 0 Å². The van der Waals surface area contributed by atoms with Crippen LogP contribution in [0.15, 0.2) is 60.7 Å². The molecule has 118 valence electrons. The summed E-state index contributed by atoms with van der Waals surface area (Å²) in [6.07, 6.45) is 0. The van der Waals surface area contributed by atoms with E-state index < -0.39 is 7.12 Å². The first kappa shape index (κ1) is 14.8. The van der Waals surface area contributed by atoms with Gasteiger partial charge in [-0.15, -0.1) is 0 Å². The summed E-state index contributed by atoms with van der Waals surface area (Å²) in [4.78, 5) is 3.40. The number of H-pyrrole nitrogens is 1. The van der Waals surface area contributed by atoms with Gasteiger partial charge >= 0.3 is 7.12 Å². The van der Waals surface area contributed by atoms with Crippen molar-refractivity contribution in [3.8, 4) is 16.9 Å². The lowest BCUT2D eigenvalue weighted by Crippen LogP contribution is -2.29. The number of fused-ring (bicyclic) bond motifs is 3. The summed E-state index contributed by atoms with van der Waals surface area (Å²) in [5.74, 6) is 0.592. The van der Waals surface area contributed by atoms with E-state index in [2.05, 4.69) is 23.2 Å². The van der Waals surface area contributed by atoms with Gasteiger partial charge < -0.3 is 19.8 Å². The lowest BCUT2D eigenvalue weighted by Gasteiger charge is -2.09. The minimum atomic E-state index is -1.53. The molecule has 0 spiro atoms. The predicted molar refractivity (Wildman–Crippen MR) is 97.6 cm³/mol. The smallest absolute Gasteiger partial charge is 0.488 e.